The third kappa shape index (κ3) is 5.37. The van der Waals surface area contributed by atoms with Gasteiger partial charge >= 0.3 is 5.97 Å². The second-order valence-corrected chi connectivity index (χ2v) is 8.15. The van der Waals surface area contributed by atoms with E-state index in [9.17, 15) is 13.2 Å². The second-order valence-electron chi connectivity index (χ2n) is 6.41. The van der Waals surface area contributed by atoms with E-state index >= 15 is 0 Å². The van der Waals surface area contributed by atoms with Crippen molar-refractivity contribution in [3.05, 3.63) is 89.5 Å². The number of methoxy groups -OCH3 is 1. The number of sulfonamides is 1. The smallest absolute Gasteiger partial charge is 0.335 e. The highest BCUT2D eigenvalue weighted by Crippen LogP contribution is 2.25. The molecular formula is C22H21NO6S. The fourth-order valence-electron chi connectivity index (χ4n) is 2.72. The van der Waals surface area contributed by atoms with Crippen LogP contribution in [0.3, 0.4) is 0 Å². The summed E-state index contributed by atoms with van der Waals surface area (Å²) in [6.45, 7) is 0.504. The van der Waals surface area contributed by atoms with Gasteiger partial charge in [0.15, 0.2) is 0 Å². The van der Waals surface area contributed by atoms with Crippen molar-refractivity contribution in [3.8, 4) is 11.5 Å². The number of carbonyl (C=O) groups is 1. The van der Waals surface area contributed by atoms with Crippen LogP contribution < -0.4 is 14.2 Å². The molecule has 0 bridgehead atoms. The highest BCUT2D eigenvalue weighted by molar-refractivity contribution is 7.89. The van der Waals surface area contributed by atoms with E-state index < -0.39 is 16.0 Å². The molecule has 0 atom stereocenters. The van der Waals surface area contributed by atoms with Crippen LogP contribution in [0.25, 0.3) is 0 Å². The molecule has 0 unspecified atom stereocenters. The molecule has 0 saturated heterocycles. The van der Waals surface area contributed by atoms with Crippen LogP contribution in [0.4, 0.5) is 0 Å². The number of benzene rings is 3. The molecule has 8 heteroatoms. The van der Waals surface area contributed by atoms with E-state index in [0.29, 0.717) is 12.4 Å². The van der Waals surface area contributed by atoms with Gasteiger partial charge in [-0.25, -0.2) is 17.9 Å². The van der Waals surface area contributed by atoms with Gasteiger partial charge in [0.1, 0.15) is 23.0 Å². The summed E-state index contributed by atoms with van der Waals surface area (Å²) in [7, 11) is -2.61. The SMILES string of the molecule is COc1cc(C(=O)O)ccc1S(=O)(=O)NCc1ccc(OCc2ccccc2)cc1. The van der Waals surface area contributed by atoms with Crippen molar-refractivity contribution in [2.24, 2.45) is 0 Å². The van der Waals surface area contributed by atoms with Gasteiger partial charge in [-0.1, -0.05) is 42.5 Å². The molecule has 2 N–H and O–H groups in total. The normalized spacial score (nSPS) is 11.1. The van der Waals surface area contributed by atoms with Crippen molar-refractivity contribution in [3.63, 3.8) is 0 Å². The number of aromatic carboxylic acids is 1. The molecule has 0 spiro atoms. The van der Waals surface area contributed by atoms with E-state index in [1.807, 2.05) is 30.3 Å². The summed E-state index contributed by atoms with van der Waals surface area (Å²) in [4.78, 5) is 10.9. The molecule has 0 fully saturated rings. The van der Waals surface area contributed by atoms with Crippen molar-refractivity contribution in [1.29, 1.82) is 0 Å². The molecule has 7 nitrogen and oxygen atoms in total. The highest BCUT2D eigenvalue weighted by Gasteiger charge is 2.20. The minimum Gasteiger partial charge on any atom is -0.495 e. The first kappa shape index (κ1) is 21.4. The first-order chi connectivity index (χ1) is 14.4. The van der Waals surface area contributed by atoms with E-state index in [1.165, 1.54) is 25.3 Å². The first-order valence-electron chi connectivity index (χ1n) is 9.06. The molecule has 0 aliphatic carbocycles. The molecule has 0 heterocycles. The maximum atomic E-state index is 12.6. The van der Waals surface area contributed by atoms with Crippen molar-refractivity contribution >= 4 is 16.0 Å². The number of carboxylic acids is 1. The monoisotopic (exact) mass is 427 g/mol. The zero-order chi connectivity index (χ0) is 21.6. The Labute approximate surface area is 174 Å². The zero-order valence-electron chi connectivity index (χ0n) is 16.2. The van der Waals surface area contributed by atoms with Crippen LogP contribution in [0.5, 0.6) is 11.5 Å². The molecule has 0 aromatic heterocycles. The van der Waals surface area contributed by atoms with Crippen LogP contribution in [0.1, 0.15) is 21.5 Å². The third-order valence-electron chi connectivity index (χ3n) is 4.34. The molecule has 3 aromatic carbocycles. The number of rotatable bonds is 9. The molecule has 3 aromatic rings. The first-order valence-corrected chi connectivity index (χ1v) is 10.5. The molecule has 0 amide bonds. The summed E-state index contributed by atoms with van der Waals surface area (Å²) in [5.41, 5.74) is 1.74. The maximum absolute atomic E-state index is 12.6. The standard InChI is InChI=1S/C22H21NO6S/c1-28-20-13-18(22(24)25)9-12-21(20)30(26,27)23-14-16-7-10-19(11-8-16)29-15-17-5-3-2-4-6-17/h2-13,23H,14-15H2,1H3,(H,24,25). The van der Waals surface area contributed by atoms with Crippen molar-refractivity contribution < 1.29 is 27.8 Å². The summed E-state index contributed by atoms with van der Waals surface area (Å²) in [5.74, 6) is -0.525. The number of nitrogens with one attached hydrogen (secondary N) is 1. The molecule has 0 saturated carbocycles. The Morgan fingerprint density at radius 1 is 0.967 bits per heavy atom. The van der Waals surface area contributed by atoms with Gasteiger partial charge in [0.25, 0.3) is 0 Å². The Kier molecular flexibility index (Phi) is 6.71. The maximum Gasteiger partial charge on any atom is 0.335 e. The van der Waals surface area contributed by atoms with Gasteiger partial charge in [0.05, 0.1) is 12.7 Å². The van der Waals surface area contributed by atoms with Crippen molar-refractivity contribution in [2.75, 3.05) is 7.11 Å². The topological polar surface area (TPSA) is 102 Å². The lowest BCUT2D eigenvalue weighted by Gasteiger charge is -2.12. The number of carboxylic acid groups (broad SMARTS) is 1. The molecule has 0 aliphatic heterocycles. The van der Waals surface area contributed by atoms with Crippen LogP contribution >= 0.6 is 0 Å². The molecule has 0 aliphatic rings. The molecule has 0 radical (unpaired) electrons. The summed E-state index contributed by atoms with van der Waals surface area (Å²) in [6, 6.07) is 20.5. The predicted octanol–water partition coefficient (Wildman–Crippen LogP) is 3.45. The average Bonchev–Trinajstić information content (AvgIpc) is 2.77. The quantitative estimate of drug-likeness (QED) is 0.542. The Hall–Kier alpha value is -3.36. The van der Waals surface area contributed by atoms with Gasteiger partial charge in [-0.15, -0.1) is 0 Å². The van der Waals surface area contributed by atoms with Gasteiger partial charge in [0, 0.05) is 6.54 Å². The summed E-state index contributed by atoms with van der Waals surface area (Å²) in [5, 5.41) is 9.05. The van der Waals surface area contributed by atoms with E-state index in [-0.39, 0.29) is 22.8 Å². The summed E-state index contributed by atoms with van der Waals surface area (Å²) in [6.07, 6.45) is 0. The zero-order valence-corrected chi connectivity index (χ0v) is 17.1. The van der Waals surface area contributed by atoms with Gasteiger partial charge in [-0.2, -0.15) is 0 Å². The molecular weight excluding hydrogens is 406 g/mol. The highest BCUT2D eigenvalue weighted by atomic mass is 32.2. The van der Waals surface area contributed by atoms with Gasteiger partial charge in [-0.05, 0) is 41.5 Å². The minimum atomic E-state index is -3.90. The van der Waals surface area contributed by atoms with Gasteiger partial charge in [-0.3, -0.25) is 0 Å². The molecule has 30 heavy (non-hydrogen) atoms. The van der Waals surface area contributed by atoms with Crippen LogP contribution in [0, 0.1) is 0 Å². The van der Waals surface area contributed by atoms with E-state index in [0.717, 1.165) is 11.1 Å². The second kappa shape index (κ2) is 9.43. The Morgan fingerprint density at radius 2 is 1.67 bits per heavy atom. The lowest BCUT2D eigenvalue weighted by Crippen LogP contribution is -2.24. The van der Waals surface area contributed by atoms with Crippen LogP contribution in [0.2, 0.25) is 0 Å². The fraction of sp³-hybridized carbons (Fsp3) is 0.136. The van der Waals surface area contributed by atoms with Gasteiger partial charge in [0.2, 0.25) is 10.0 Å². The molecule has 156 valence electrons. The van der Waals surface area contributed by atoms with Crippen LogP contribution in [-0.2, 0) is 23.2 Å². The Balaban J connectivity index is 1.64. The fourth-order valence-corrected chi connectivity index (χ4v) is 3.89. The van der Waals surface area contributed by atoms with E-state index in [1.54, 1.807) is 24.3 Å². The van der Waals surface area contributed by atoms with Crippen LogP contribution in [-0.4, -0.2) is 26.6 Å². The minimum absolute atomic E-state index is 0.0351. The van der Waals surface area contributed by atoms with Crippen LogP contribution in [0.15, 0.2) is 77.7 Å². The van der Waals surface area contributed by atoms with E-state index in [2.05, 4.69) is 4.72 Å². The third-order valence-corrected chi connectivity index (χ3v) is 5.78. The lowest BCUT2D eigenvalue weighted by atomic mass is 10.2. The summed E-state index contributed by atoms with van der Waals surface area (Å²) >= 11 is 0. The van der Waals surface area contributed by atoms with Crippen molar-refractivity contribution in [2.45, 2.75) is 18.0 Å². The number of ether oxygens (including phenoxy) is 2. The summed E-state index contributed by atoms with van der Waals surface area (Å²) < 4.78 is 38.5. The van der Waals surface area contributed by atoms with Crippen molar-refractivity contribution in [1.82, 2.24) is 4.72 Å². The number of hydrogen-bond donors (Lipinski definition) is 2. The predicted molar refractivity (Wildman–Crippen MR) is 111 cm³/mol. The van der Waals surface area contributed by atoms with Gasteiger partial charge < -0.3 is 14.6 Å². The largest absolute Gasteiger partial charge is 0.495 e. The average molecular weight is 427 g/mol. The Morgan fingerprint density at radius 3 is 2.30 bits per heavy atom. The number of hydrogen-bond acceptors (Lipinski definition) is 5. The molecule has 3 rings (SSSR count). The Bertz CT molecular complexity index is 1110. The van der Waals surface area contributed by atoms with E-state index in [4.69, 9.17) is 14.6 Å². The lowest BCUT2D eigenvalue weighted by molar-refractivity contribution is 0.0696.